The largest absolute Gasteiger partial charge is 0.325 e. The predicted octanol–water partition coefficient (Wildman–Crippen LogP) is 4.53. The SMILES string of the molecule is CC(=O)c1cccc(NC(=O)[C@@H](C)Sc2nnc(C3CC3)n2Cc2ccccc2)c1. The molecule has 154 valence electrons. The number of hydrogen-bond acceptors (Lipinski definition) is 5. The van der Waals surface area contributed by atoms with Crippen molar-refractivity contribution in [1.29, 1.82) is 0 Å². The molecule has 1 fully saturated rings. The number of rotatable bonds is 8. The maximum atomic E-state index is 12.7. The Morgan fingerprint density at radius 2 is 1.90 bits per heavy atom. The van der Waals surface area contributed by atoms with E-state index in [9.17, 15) is 9.59 Å². The number of aromatic nitrogens is 3. The maximum Gasteiger partial charge on any atom is 0.237 e. The number of benzene rings is 2. The summed E-state index contributed by atoms with van der Waals surface area (Å²) >= 11 is 1.40. The van der Waals surface area contributed by atoms with Gasteiger partial charge in [0.25, 0.3) is 0 Å². The molecule has 1 N–H and O–H groups in total. The average Bonchev–Trinajstić information content (AvgIpc) is 3.52. The number of Topliss-reactive ketones (excluding diaryl/α,β-unsaturated/α-hetero) is 1. The third-order valence-electron chi connectivity index (χ3n) is 5.06. The zero-order chi connectivity index (χ0) is 21.1. The number of thioether (sulfide) groups is 1. The van der Waals surface area contributed by atoms with Crippen LogP contribution in [-0.2, 0) is 11.3 Å². The second-order valence-corrected chi connectivity index (χ2v) is 8.88. The van der Waals surface area contributed by atoms with E-state index in [1.54, 1.807) is 24.3 Å². The number of nitrogens with zero attached hydrogens (tertiary/aromatic N) is 3. The molecule has 1 saturated carbocycles. The minimum Gasteiger partial charge on any atom is -0.325 e. The molecule has 0 unspecified atom stereocenters. The molecule has 0 saturated heterocycles. The zero-order valence-corrected chi connectivity index (χ0v) is 17.9. The third-order valence-corrected chi connectivity index (χ3v) is 6.14. The molecule has 2 aromatic carbocycles. The van der Waals surface area contributed by atoms with E-state index in [-0.39, 0.29) is 16.9 Å². The van der Waals surface area contributed by atoms with Crippen molar-refractivity contribution in [3.05, 3.63) is 71.5 Å². The number of carbonyl (C=O) groups excluding carboxylic acids is 2. The number of nitrogens with one attached hydrogen (secondary N) is 1. The van der Waals surface area contributed by atoms with E-state index in [0.717, 1.165) is 23.8 Å². The summed E-state index contributed by atoms with van der Waals surface area (Å²) in [6, 6.07) is 17.2. The molecule has 1 heterocycles. The molecule has 0 spiro atoms. The zero-order valence-electron chi connectivity index (χ0n) is 17.0. The molecule has 1 amide bonds. The molecule has 30 heavy (non-hydrogen) atoms. The second kappa shape index (κ2) is 8.83. The summed E-state index contributed by atoms with van der Waals surface area (Å²) in [7, 11) is 0. The van der Waals surface area contributed by atoms with Crippen LogP contribution in [0.1, 0.15) is 54.4 Å². The van der Waals surface area contributed by atoms with Crippen molar-refractivity contribution in [2.45, 2.75) is 49.6 Å². The first kappa shape index (κ1) is 20.3. The number of ketones is 1. The van der Waals surface area contributed by atoms with E-state index in [0.29, 0.717) is 23.7 Å². The summed E-state index contributed by atoms with van der Waals surface area (Å²) in [5.41, 5.74) is 2.37. The Labute approximate surface area is 180 Å². The predicted molar refractivity (Wildman–Crippen MR) is 118 cm³/mol. The molecule has 1 aliphatic rings. The molecule has 7 heteroatoms. The van der Waals surface area contributed by atoms with Crippen molar-refractivity contribution in [3.8, 4) is 0 Å². The van der Waals surface area contributed by atoms with Crippen molar-refractivity contribution in [3.63, 3.8) is 0 Å². The van der Waals surface area contributed by atoms with Gasteiger partial charge in [-0.1, -0.05) is 54.2 Å². The van der Waals surface area contributed by atoms with Gasteiger partial charge in [-0.2, -0.15) is 0 Å². The van der Waals surface area contributed by atoms with E-state index in [2.05, 4.69) is 32.2 Å². The first-order valence-corrected chi connectivity index (χ1v) is 10.9. The van der Waals surface area contributed by atoms with E-state index in [1.165, 1.54) is 24.2 Å². The smallest absolute Gasteiger partial charge is 0.237 e. The summed E-state index contributed by atoms with van der Waals surface area (Å²) in [4.78, 5) is 24.3. The van der Waals surface area contributed by atoms with E-state index in [4.69, 9.17) is 0 Å². The van der Waals surface area contributed by atoms with Crippen LogP contribution >= 0.6 is 11.8 Å². The van der Waals surface area contributed by atoms with Gasteiger partial charge in [-0.05, 0) is 44.4 Å². The van der Waals surface area contributed by atoms with Crippen LogP contribution in [0, 0.1) is 0 Å². The Kier molecular flexibility index (Phi) is 5.99. The fourth-order valence-corrected chi connectivity index (χ4v) is 4.07. The molecule has 6 nitrogen and oxygen atoms in total. The van der Waals surface area contributed by atoms with Crippen LogP contribution < -0.4 is 5.32 Å². The van der Waals surface area contributed by atoms with Crippen LogP contribution in [0.5, 0.6) is 0 Å². The van der Waals surface area contributed by atoms with Crippen LogP contribution in [-0.4, -0.2) is 31.7 Å². The fraction of sp³-hybridized carbons (Fsp3) is 0.304. The summed E-state index contributed by atoms with van der Waals surface area (Å²) in [5, 5.41) is 12.1. The third kappa shape index (κ3) is 4.79. The highest BCUT2D eigenvalue weighted by Crippen LogP contribution is 2.40. The van der Waals surface area contributed by atoms with Crippen LogP contribution in [0.2, 0.25) is 0 Å². The molecule has 0 bridgehead atoms. The Morgan fingerprint density at radius 1 is 1.13 bits per heavy atom. The monoisotopic (exact) mass is 420 g/mol. The molecule has 0 aliphatic heterocycles. The summed E-state index contributed by atoms with van der Waals surface area (Å²) in [6.07, 6.45) is 2.28. The quantitative estimate of drug-likeness (QED) is 0.428. The van der Waals surface area contributed by atoms with Gasteiger partial charge in [0.15, 0.2) is 10.9 Å². The Hall–Kier alpha value is -2.93. The Morgan fingerprint density at radius 3 is 2.60 bits per heavy atom. The summed E-state index contributed by atoms with van der Waals surface area (Å²) in [5.74, 6) is 1.30. The van der Waals surface area contributed by atoms with Crippen LogP contribution in [0.3, 0.4) is 0 Å². The first-order chi connectivity index (χ1) is 14.5. The molecular weight excluding hydrogens is 396 g/mol. The minimum atomic E-state index is -0.364. The normalized spacial score (nSPS) is 14.3. The molecule has 3 aromatic rings. The number of amides is 1. The van der Waals surface area contributed by atoms with Crippen molar-refractivity contribution in [1.82, 2.24) is 14.8 Å². The molecule has 4 rings (SSSR count). The highest BCUT2D eigenvalue weighted by Gasteiger charge is 2.31. The lowest BCUT2D eigenvalue weighted by Gasteiger charge is -2.14. The van der Waals surface area contributed by atoms with Crippen LogP contribution in [0.25, 0.3) is 0 Å². The molecule has 0 radical (unpaired) electrons. The Bertz CT molecular complexity index is 1060. The highest BCUT2D eigenvalue weighted by atomic mass is 32.2. The van der Waals surface area contributed by atoms with Gasteiger partial charge in [-0.25, -0.2) is 0 Å². The van der Waals surface area contributed by atoms with E-state index in [1.807, 2.05) is 25.1 Å². The van der Waals surface area contributed by atoms with Gasteiger partial charge in [0.1, 0.15) is 5.82 Å². The first-order valence-electron chi connectivity index (χ1n) is 10.1. The summed E-state index contributed by atoms with van der Waals surface area (Å²) in [6.45, 7) is 4.06. The van der Waals surface area contributed by atoms with Gasteiger partial charge in [-0.15, -0.1) is 10.2 Å². The average molecular weight is 421 g/mol. The number of hydrogen-bond donors (Lipinski definition) is 1. The lowest BCUT2D eigenvalue weighted by atomic mass is 10.1. The lowest BCUT2D eigenvalue weighted by Crippen LogP contribution is -2.23. The van der Waals surface area contributed by atoms with E-state index >= 15 is 0 Å². The molecule has 1 atom stereocenters. The molecule has 1 aromatic heterocycles. The number of carbonyl (C=O) groups is 2. The van der Waals surface area contributed by atoms with Gasteiger partial charge < -0.3 is 9.88 Å². The van der Waals surface area contributed by atoms with Crippen LogP contribution in [0.4, 0.5) is 5.69 Å². The maximum absolute atomic E-state index is 12.7. The van der Waals surface area contributed by atoms with E-state index < -0.39 is 0 Å². The van der Waals surface area contributed by atoms with Crippen LogP contribution in [0.15, 0.2) is 59.8 Å². The number of anilines is 1. The van der Waals surface area contributed by atoms with Crippen molar-refractivity contribution in [2.24, 2.45) is 0 Å². The molecular formula is C23H24N4O2S. The summed E-state index contributed by atoms with van der Waals surface area (Å²) < 4.78 is 2.14. The van der Waals surface area contributed by atoms with Gasteiger partial charge in [0.2, 0.25) is 5.91 Å². The molecule has 1 aliphatic carbocycles. The minimum absolute atomic E-state index is 0.0323. The fourth-order valence-electron chi connectivity index (χ4n) is 3.22. The highest BCUT2D eigenvalue weighted by molar-refractivity contribution is 8.00. The van der Waals surface area contributed by atoms with Gasteiger partial charge >= 0.3 is 0 Å². The lowest BCUT2D eigenvalue weighted by molar-refractivity contribution is -0.115. The Balaban J connectivity index is 1.48. The van der Waals surface area contributed by atoms with Crippen molar-refractivity contribution < 1.29 is 9.59 Å². The second-order valence-electron chi connectivity index (χ2n) is 7.57. The van der Waals surface area contributed by atoms with Gasteiger partial charge in [0, 0.05) is 17.2 Å². The van der Waals surface area contributed by atoms with Gasteiger partial charge in [0.05, 0.1) is 11.8 Å². The van der Waals surface area contributed by atoms with Gasteiger partial charge in [-0.3, -0.25) is 9.59 Å². The standard InChI is InChI=1S/C23H24N4O2S/c1-15(28)19-9-6-10-20(13-19)24-22(29)16(2)30-23-26-25-21(18-11-12-18)27(23)14-17-7-4-3-5-8-17/h3-10,13,16,18H,11-12,14H2,1-2H3,(H,24,29)/t16-/m1/s1. The van der Waals surface area contributed by atoms with Crippen molar-refractivity contribution >= 4 is 29.1 Å². The topological polar surface area (TPSA) is 76.9 Å². The van der Waals surface area contributed by atoms with Crippen molar-refractivity contribution in [2.75, 3.05) is 5.32 Å².